The van der Waals surface area contributed by atoms with Gasteiger partial charge < -0.3 is 15.4 Å². The lowest BCUT2D eigenvalue weighted by Crippen LogP contribution is -2.41. The highest BCUT2D eigenvalue weighted by atomic mass is 32.2. The molecule has 4 N–H and O–H groups in total. The van der Waals surface area contributed by atoms with Crippen LogP contribution in [-0.2, 0) is 21.3 Å². The summed E-state index contributed by atoms with van der Waals surface area (Å²) in [6, 6.07) is 5.01. The number of aryl methyl sites for hydroxylation is 1. The van der Waals surface area contributed by atoms with Crippen molar-refractivity contribution in [1.29, 1.82) is 0 Å². The van der Waals surface area contributed by atoms with Crippen LogP contribution in [0.3, 0.4) is 0 Å². The minimum Gasteiger partial charge on any atom is -0.444 e. The molecule has 0 unspecified atom stereocenters. The molecule has 2 heterocycles. The van der Waals surface area contributed by atoms with Crippen molar-refractivity contribution < 1.29 is 17.9 Å². The summed E-state index contributed by atoms with van der Waals surface area (Å²) < 4.78 is 30.9. The van der Waals surface area contributed by atoms with Gasteiger partial charge >= 0.3 is 6.09 Å². The lowest BCUT2D eigenvalue weighted by atomic mass is 9.86. The molecule has 1 amide bonds. The largest absolute Gasteiger partial charge is 0.444 e. The van der Waals surface area contributed by atoms with Crippen LogP contribution in [0.4, 0.5) is 16.4 Å². The van der Waals surface area contributed by atoms with E-state index in [4.69, 9.17) is 9.88 Å². The van der Waals surface area contributed by atoms with E-state index in [0.29, 0.717) is 35.3 Å². The van der Waals surface area contributed by atoms with Crippen LogP contribution in [0.25, 0.3) is 11.0 Å². The zero-order valence-electron chi connectivity index (χ0n) is 21.0. The maximum atomic E-state index is 12.1. The second-order valence-corrected chi connectivity index (χ2v) is 11.8. The fourth-order valence-corrected chi connectivity index (χ4v) is 5.19. The Morgan fingerprint density at radius 1 is 1.19 bits per heavy atom. The van der Waals surface area contributed by atoms with Gasteiger partial charge in [-0.15, -0.1) is 0 Å². The van der Waals surface area contributed by atoms with Gasteiger partial charge in [-0.25, -0.2) is 28.0 Å². The van der Waals surface area contributed by atoms with Gasteiger partial charge in [0.25, 0.3) is 0 Å². The Bertz CT molecular complexity index is 1360. The van der Waals surface area contributed by atoms with Crippen LogP contribution in [0.15, 0.2) is 35.5 Å². The normalized spacial score (nSPS) is 18.7. The molecule has 1 saturated carbocycles. The molecule has 3 aromatic rings. The molecule has 36 heavy (non-hydrogen) atoms. The van der Waals surface area contributed by atoms with Gasteiger partial charge in [0.15, 0.2) is 5.65 Å². The van der Waals surface area contributed by atoms with Crippen molar-refractivity contribution in [1.82, 2.24) is 25.1 Å². The van der Waals surface area contributed by atoms with Crippen LogP contribution in [-0.4, -0.2) is 45.9 Å². The zero-order valence-corrected chi connectivity index (χ0v) is 21.8. The SMILES string of the molecule is Cc1ccc(Nc2ncc3cnn(C[C@H]4CC[C@@H](NC(=O)OC(C)(C)C)CC4)c3n2)cc1S(N)(=O)=O. The summed E-state index contributed by atoms with van der Waals surface area (Å²) in [6.45, 7) is 7.95. The van der Waals surface area contributed by atoms with Gasteiger partial charge in [0, 0.05) is 24.5 Å². The summed E-state index contributed by atoms with van der Waals surface area (Å²) in [6.07, 6.45) is 6.72. The van der Waals surface area contributed by atoms with E-state index in [1.807, 2.05) is 25.5 Å². The summed E-state index contributed by atoms with van der Waals surface area (Å²) in [5.41, 5.74) is 1.27. The maximum Gasteiger partial charge on any atom is 0.407 e. The molecular formula is C24H33N7O4S. The third-order valence-electron chi connectivity index (χ3n) is 6.13. The van der Waals surface area contributed by atoms with Gasteiger partial charge in [0.2, 0.25) is 16.0 Å². The van der Waals surface area contributed by atoms with Gasteiger partial charge in [-0.05, 0) is 77.0 Å². The highest BCUT2D eigenvalue weighted by Gasteiger charge is 2.25. The monoisotopic (exact) mass is 515 g/mol. The summed E-state index contributed by atoms with van der Waals surface area (Å²) in [5, 5.41) is 16.7. The van der Waals surface area contributed by atoms with Gasteiger partial charge in [-0.2, -0.15) is 10.1 Å². The standard InChI is InChI=1S/C24H33N7O4S/c1-15-5-8-19(11-20(15)36(25,33)34)28-22-26-12-17-13-27-31(21(17)30-22)14-16-6-9-18(10-7-16)29-23(32)35-24(2,3)4/h5,8,11-13,16,18H,6-7,9-10,14H2,1-4H3,(H,29,32)(H2,25,33,34)(H,26,28,30)/t16-,18+. The van der Waals surface area contributed by atoms with Crippen molar-refractivity contribution >= 4 is 38.8 Å². The Labute approximate surface area is 210 Å². The first kappa shape index (κ1) is 25.8. The molecule has 0 radical (unpaired) electrons. The molecule has 0 saturated heterocycles. The molecule has 12 heteroatoms. The van der Waals surface area contributed by atoms with Crippen LogP contribution in [0.1, 0.15) is 52.0 Å². The van der Waals surface area contributed by atoms with Crippen molar-refractivity contribution in [2.75, 3.05) is 5.32 Å². The van der Waals surface area contributed by atoms with E-state index in [1.165, 1.54) is 6.07 Å². The fraction of sp³-hybridized carbons (Fsp3) is 0.500. The van der Waals surface area contributed by atoms with E-state index in [-0.39, 0.29) is 17.0 Å². The molecule has 0 atom stereocenters. The predicted molar refractivity (Wildman–Crippen MR) is 136 cm³/mol. The molecular weight excluding hydrogens is 482 g/mol. The number of alkyl carbamates (subject to hydrolysis) is 1. The molecule has 2 aromatic heterocycles. The van der Waals surface area contributed by atoms with Crippen LogP contribution in [0.5, 0.6) is 0 Å². The first-order valence-electron chi connectivity index (χ1n) is 12.0. The quantitative estimate of drug-likeness (QED) is 0.450. The van der Waals surface area contributed by atoms with Crippen molar-refractivity contribution in [3.05, 3.63) is 36.2 Å². The van der Waals surface area contributed by atoms with Crippen molar-refractivity contribution in [2.24, 2.45) is 11.1 Å². The topological polar surface area (TPSA) is 154 Å². The first-order valence-corrected chi connectivity index (χ1v) is 13.5. The lowest BCUT2D eigenvalue weighted by molar-refractivity contribution is 0.0486. The summed E-state index contributed by atoms with van der Waals surface area (Å²) >= 11 is 0. The van der Waals surface area contributed by atoms with Crippen LogP contribution >= 0.6 is 0 Å². The average Bonchev–Trinajstić information content (AvgIpc) is 3.16. The molecule has 194 valence electrons. The number of primary sulfonamides is 1. The molecule has 1 aliphatic rings. The number of anilines is 2. The maximum absolute atomic E-state index is 12.1. The number of hydrogen-bond acceptors (Lipinski definition) is 8. The third-order valence-corrected chi connectivity index (χ3v) is 7.18. The predicted octanol–water partition coefficient (Wildman–Crippen LogP) is 3.61. The van der Waals surface area contributed by atoms with Crippen LogP contribution in [0.2, 0.25) is 0 Å². The van der Waals surface area contributed by atoms with E-state index in [9.17, 15) is 13.2 Å². The molecule has 0 spiro atoms. The molecule has 4 rings (SSSR count). The van der Waals surface area contributed by atoms with Crippen molar-refractivity contribution in [3.8, 4) is 0 Å². The third kappa shape index (κ3) is 6.49. The number of nitrogens with two attached hydrogens (primary N) is 1. The van der Waals surface area contributed by atoms with Crippen molar-refractivity contribution in [2.45, 2.75) is 76.5 Å². The van der Waals surface area contributed by atoms with Gasteiger partial charge in [-0.3, -0.25) is 0 Å². The first-order chi connectivity index (χ1) is 16.9. The number of fused-ring (bicyclic) bond motifs is 1. The van der Waals surface area contributed by atoms with E-state index < -0.39 is 15.6 Å². The lowest BCUT2D eigenvalue weighted by Gasteiger charge is -2.30. The number of rotatable bonds is 6. The van der Waals surface area contributed by atoms with E-state index in [2.05, 4.69) is 25.7 Å². The molecule has 11 nitrogen and oxygen atoms in total. The van der Waals surface area contributed by atoms with Crippen LogP contribution < -0.4 is 15.8 Å². The van der Waals surface area contributed by atoms with Gasteiger partial charge in [0.05, 0.1) is 16.5 Å². The highest BCUT2D eigenvalue weighted by Crippen LogP contribution is 2.27. The molecule has 0 bridgehead atoms. The number of hydrogen-bond donors (Lipinski definition) is 3. The van der Waals surface area contributed by atoms with E-state index >= 15 is 0 Å². The Kier molecular flexibility index (Phi) is 7.19. The van der Waals surface area contributed by atoms with Gasteiger partial charge in [-0.1, -0.05) is 6.07 Å². The Morgan fingerprint density at radius 2 is 1.92 bits per heavy atom. The molecule has 0 aliphatic heterocycles. The second-order valence-electron chi connectivity index (χ2n) is 10.3. The van der Waals surface area contributed by atoms with E-state index in [1.54, 1.807) is 31.5 Å². The Morgan fingerprint density at radius 3 is 2.58 bits per heavy atom. The summed E-state index contributed by atoms with van der Waals surface area (Å²) in [5.74, 6) is 0.740. The number of ether oxygens (including phenoxy) is 1. The average molecular weight is 516 g/mol. The smallest absolute Gasteiger partial charge is 0.407 e. The minimum atomic E-state index is -3.84. The molecule has 1 fully saturated rings. The second kappa shape index (κ2) is 10.0. The van der Waals surface area contributed by atoms with E-state index in [0.717, 1.165) is 31.1 Å². The Balaban J connectivity index is 1.41. The molecule has 1 aromatic carbocycles. The number of nitrogens with one attached hydrogen (secondary N) is 2. The minimum absolute atomic E-state index is 0.0513. The van der Waals surface area contributed by atoms with Crippen LogP contribution in [0, 0.1) is 12.8 Å². The number of nitrogens with zero attached hydrogens (tertiary/aromatic N) is 4. The van der Waals surface area contributed by atoms with Gasteiger partial charge in [0.1, 0.15) is 5.60 Å². The molecule has 1 aliphatic carbocycles. The number of carbonyl (C=O) groups is 1. The fourth-order valence-electron chi connectivity index (χ4n) is 4.38. The number of sulfonamides is 1. The summed E-state index contributed by atoms with van der Waals surface area (Å²) in [7, 11) is -3.84. The highest BCUT2D eigenvalue weighted by molar-refractivity contribution is 7.89. The number of carbonyl (C=O) groups excluding carboxylic acids is 1. The summed E-state index contributed by atoms with van der Waals surface area (Å²) in [4.78, 5) is 21.1. The number of amides is 1. The number of benzene rings is 1. The Hall–Kier alpha value is -3.25. The number of aromatic nitrogens is 4. The van der Waals surface area contributed by atoms with Crippen molar-refractivity contribution in [3.63, 3.8) is 0 Å². The zero-order chi connectivity index (χ0) is 26.1.